The molecule has 1 amide bonds. The van der Waals surface area contributed by atoms with Gasteiger partial charge < -0.3 is 4.42 Å². The van der Waals surface area contributed by atoms with Crippen LogP contribution in [-0.2, 0) is 6.54 Å². The topological polar surface area (TPSA) is 74.7 Å². The minimum absolute atomic E-state index is 0.322. The number of hydrogen-bond donors (Lipinski definition) is 2. The smallest absolute Gasteiger partial charge is 0.401 e. The molecule has 1 saturated heterocycles. The molecule has 0 unspecified atom stereocenters. The Morgan fingerprint density at radius 1 is 1.29 bits per heavy atom. The maximum Gasteiger partial charge on any atom is 0.401 e. The maximum atomic E-state index is 12.3. The average Bonchev–Trinajstić information content (AvgIpc) is 2.87. The van der Waals surface area contributed by atoms with Crippen LogP contribution >= 0.6 is 0 Å². The van der Waals surface area contributed by atoms with Gasteiger partial charge in [0.25, 0.3) is 5.91 Å². The molecule has 1 aliphatic heterocycles. The number of alkyl halides is 3. The first-order valence-corrected chi connectivity index (χ1v) is 6.47. The molecular formula is C12H17F3N4O2. The van der Waals surface area contributed by atoms with Crippen molar-refractivity contribution >= 4 is 5.91 Å². The molecule has 1 aromatic rings. The molecule has 6 nitrogen and oxygen atoms in total. The van der Waals surface area contributed by atoms with Crippen molar-refractivity contribution in [1.29, 1.82) is 0 Å². The van der Waals surface area contributed by atoms with E-state index >= 15 is 0 Å². The normalized spacial score (nSPS) is 17.9. The fourth-order valence-corrected chi connectivity index (χ4v) is 2.25. The summed E-state index contributed by atoms with van der Waals surface area (Å²) in [5.41, 5.74) is 2.32. The highest BCUT2D eigenvalue weighted by molar-refractivity contribution is 5.93. The molecule has 0 bridgehead atoms. The lowest BCUT2D eigenvalue weighted by Gasteiger charge is -2.34. The number of amides is 1. The van der Waals surface area contributed by atoms with Crippen LogP contribution in [-0.4, -0.2) is 54.6 Å². The number of piperazine rings is 1. The predicted molar refractivity (Wildman–Crippen MR) is 68.1 cm³/mol. The Bertz CT molecular complexity index is 481. The average molecular weight is 306 g/mol. The van der Waals surface area contributed by atoms with E-state index in [0.29, 0.717) is 44.0 Å². The summed E-state index contributed by atoms with van der Waals surface area (Å²) >= 11 is 0. The number of nitrogen functional groups attached to an aromatic ring is 1. The highest BCUT2D eigenvalue weighted by Gasteiger charge is 2.32. The summed E-state index contributed by atoms with van der Waals surface area (Å²) in [4.78, 5) is 14.6. The molecule has 1 fully saturated rings. The van der Waals surface area contributed by atoms with Crippen LogP contribution in [0.5, 0.6) is 0 Å². The standard InChI is InChI=1S/C12H17F3N4O2/c13-12(14,15)8-19-3-1-18(2-4-19)6-10-5-9(7-21-10)11(20)17-16/h5,7H,1-4,6,8,16H2,(H,17,20). The number of halogens is 3. The van der Waals surface area contributed by atoms with E-state index in [1.165, 1.54) is 11.2 Å². The Kier molecular flexibility index (Phi) is 4.86. The highest BCUT2D eigenvalue weighted by atomic mass is 19.4. The van der Waals surface area contributed by atoms with Crippen LogP contribution in [0.1, 0.15) is 16.1 Å². The van der Waals surface area contributed by atoms with Gasteiger partial charge in [-0.3, -0.25) is 20.0 Å². The monoisotopic (exact) mass is 306 g/mol. The number of rotatable bonds is 4. The Labute approximate surface area is 119 Å². The van der Waals surface area contributed by atoms with E-state index in [1.807, 2.05) is 10.3 Å². The molecular weight excluding hydrogens is 289 g/mol. The second-order valence-corrected chi connectivity index (χ2v) is 4.94. The summed E-state index contributed by atoms with van der Waals surface area (Å²) in [7, 11) is 0. The van der Waals surface area contributed by atoms with E-state index < -0.39 is 18.6 Å². The zero-order valence-electron chi connectivity index (χ0n) is 11.3. The molecule has 118 valence electrons. The highest BCUT2D eigenvalue weighted by Crippen LogP contribution is 2.18. The first-order chi connectivity index (χ1) is 9.87. The van der Waals surface area contributed by atoms with E-state index in [4.69, 9.17) is 10.3 Å². The lowest BCUT2D eigenvalue weighted by Crippen LogP contribution is -2.48. The van der Waals surface area contributed by atoms with Gasteiger partial charge in [-0.2, -0.15) is 13.2 Å². The first-order valence-electron chi connectivity index (χ1n) is 6.47. The van der Waals surface area contributed by atoms with Gasteiger partial charge in [0.05, 0.1) is 18.7 Å². The number of carbonyl (C=O) groups excluding carboxylic acids is 1. The summed E-state index contributed by atoms with van der Waals surface area (Å²) in [6, 6.07) is 1.57. The molecule has 0 aliphatic carbocycles. The van der Waals surface area contributed by atoms with E-state index in [-0.39, 0.29) is 0 Å². The van der Waals surface area contributed by atoms with Gasteiger partial charge in [0, 0.05) is 26.2 Å². The lowest BCUT2D eigenvalue weighted by molar-refractivity contribution is -0.149. The summed E-state index contributed by atoms with van der Waals surface area (Å²) in [6.45, 7) is 1.34. The zero-order chi connectivity index (χ0) is 15.5. The van der Waals surface area contributed by atoms with Gasteiger partial charge in [0.1, 0.15) is 12.0 Å². The van der Waals surface area contributed by atoms with Crippen molar-refractivity contribution in [1.82, 2.24) is 15.2 Å². The van der Waals surface area contributed by atoms with E-state index in [2.05, 4.69) is 0 Å². The summed E-state index contributed by atoms with van der Waals surface area (Å²) in [6.07, 6.45) is -2.86. The lowest BCUT2D eigenvalue weighted by atomic mass is 10.2. The Hall–Kier alpha value is -1.58. The molecule has 9 heteroatoms. The van der Waals surface area contributed by atoms with Gasteiger partial charge in [0.2, 0.25) is 0 Å². The van der Waals surface area contributed by atoms with Gasteiger partial charge in [-0.05, 0) is 6.07 Å². The second-order valence-electron chi connectivity index (χ2n) is 4.94. The Balaban J connectivity index is 1.81. The summed E-state index contributed by atoms with van der Waals surface area (Å²) in [5.74, 6) is 5.15. The molecule has 2 heterocycles. The third-order valence-electron chi connectivity index (χ3n) is 3.29. The number of nitrogens with zero attached hydrogens (tertiary/aromatic N) is 2. The third-order valence-corrected chi connectivity index (χ3v) is 3.29. The van der Waals surface area contributed by atoms with Crippen LogP contribution in [0.4, 0.5) is 13.2 Å². The van der Waals surface area contributed by atoms with Crippen molar-refractivity contribution in [3.8, 4) is 0 Å². The van der Waals surface area contributed by atoms with Crippen LogP contribution in [0.25, 0.3) is 0 Å². The van der Waals surface area contributed by atoms with Crippen LogP contribution in [0.15, 0.2) is 16.7 Å². The van der Waals surface area contributed by atoms with Crippen molar-refractivity contribution in [3.05, 3.63) is 23.7 Å². The Morgan fingerprint density at radius 2 is 1.90 bits per heavy atom. The van der Waals surface area contributed by atoms with Gasteiger partial charge in [0.15, 0.2) is 0 Å². The van der Waals surface area contributed by atoms with Crippen molar-refractivity contribution in [3.63, 3.8) is 0 Å². The van der Waals surface area contributed by atoms with Crippen molar-refractivity contribution in [2.75, 3.05) is 32.7 Å². The van der Waals surface area contributed by atoms with Gasteiger partial charge in [-0.25, -0.2) is 5.84 Å². The van der Waals surface area contributed by atoms with Crippen LogP contribution in [0.3, 0.4) is 0 Å². The molecule has 0 radical (unpaired) electrons. The molecule has 0 aromatic carbocycles. The van der Waals surface area contributed by atoms with Crippen molar-refractivity contribution in [2.24, 2.45) is 5.84 Å². The van der Waals surface area contributed by atoms with Crippen LogP contribution in [0.2, 0.25) is 0 Å². The maximum absolute atomic E-state index is 12.3. The van der Waals surface area contributed by atoms with Crippen LogP contribution < -0.4 is 11.3 Å². The second kappa shape index (κ2) is 6.46. The minimum atomic E-state index is -4.16. The molecule has 0 spiro atoms. The number of hydrogen-bond acceptors (Lipinski definition) is 5. The van der Waals surface area contributed by atoms with E-state index in [0.717, 1.165) is 0 Å². The van der Waals surface area contributed by atoms with Crippen molar-refractivity contribution < 1.29 is 22.4 Å². The zero-order valence-corrected chi connectivity index (χ0v) is 11.3. The largest absolute Gasteiger partial charge is 0.467 e. The van der Waals surface area contributed by atoms with Gasteiger partial charge in [-0.15, -0.1) is 0 Å². The molecule has 3 N–H and O–H groups in total. The quantitative estimate of drug-likeness (QED) is 0.483. The number of hydrazine groups is 1. The number of carbonyl (C=O) groups is 1. The summed E-state index contributed by atoms with van der Waals surface area (Å²) < 4.78 is 42.1. The molecule has 21 heavy (non-hydrogen) atoms. The van der Waals surface area contributed by atoms with Gasteiger partial charge >= 0.3 is 6.18 Å². The van der Waals surface area contributed by atoms with E-state index in [1.54, 1.807) is 6.07 Å². The van der Waals surface area contributed by atoms with E-state index in [9.17, 15) is 18.0 Å². The Morgan fingerprint density at radius 3 is 2.48 bits per heavy atom. The third kappa shape index (κ3) is 4.73. The van der Waals surface area contributed by atoms with Gasteiger partial charge in [-0.1, -0.05) is 0 Å². The fraction of sp³-hybridized carbons (Fsp3) is 0.583. The number of furan rings is 1. The predicted octanol–water partition coefficient (Wildman–Crippen LogP) is 0.563. The molecule has 0 atom stereocenters. The SMILES string of the molecule is NNC(=O)c1coc(CN2CCN(CC(F)(F)F)CC2)c1. The molecule has 1 aliphatic rings. The van der Waals surface area contributed by atoms with Crippen molar-refractivity contribution in [2.45, 2.75) is 12.7 Å². The molecule has 1 aromatic heterocycles. The van der Waals surface area contributed by atoms with Crippen LogP contribution in [0, 0.1) is 0 Å². The fourth-order valence-electron chi connectivity index (χ4n) is 2.25. The molecule has 2 rings (SSSR count). The number of nitrogens with two attached hydrogens (primary N) is 1. The minimum Gasteiger partial charge on any atom is -0.467 e. The first kappa shape index (κ1) is 15.8. The summed E-state index contributed by atoms with van der Waals surface area (Å²) in [5, 5.41) is 0. The molecule has 0 saturated carbocycles. The number of nitrogens with one attached hydrogen (secondary N) is 1.